The van der Waals surface area contributed by atoms with Crippen LogP contribution in [-0.4, -0.2) is 69.9 Å². The van der Waals surface area contributed by atoms with Gasteiger partial charge in [0.05, 0.1) is 12.6 Å². The summed E-state index contributed by atoms with van der Waals surface area (Å²) < 4.78 is 0. The van der Waals surface area contributed by atoms with Crippen molar-refractivity contribution in [2.75, 3.05) is 13.1 Å². The molecular formula is C23H31N5O5. The first-order valence-electron chi connectivity index (χ1n) is 11.1. The lowest BCUT2D eigenvalue weighted by Gasteiger charge is -2.24. The maximum Gasteiger partial charge on any atom is 0.326 e. The maximum atomic E-state index is 13.0. The fraction of sp³-hybridized carbons (Fsp3) is 0.478. The summed E-state index contributed by atoms with van der Waals surface area (Å²) in [6.07, 6.45) is 2.97. The highest BCUT2D eigenvalue weighted by Gasteiger charge is 2.34. The lowest BCUT2D eigenvalue weighted by Crippen LogP contribution is -2.55. The molecule has 0 bridgehead atoms. The van der Waals surface area contributed by atoms with Gasteiger partial charge in [0.15, 0.2) is 0 Å². The molecule has 1 aromatic heterocycles. The predicted octanol–water partition coefficient (Wildman–Crippen LogP) is 0.370. The number of aliphatic carboxylic acids is 1. The lowest BCUT2D eigenvalue weighted by molar-refractivity contribution is -0.148. The van der Waals surface area contributed by atoms with Crippen LogP contribution in [0.25, 0.3) is 10.9 Å². The molecule has 3 amide bonds. The van der Waals surface area contributed by atoms with Crippen molar-refractivity contribution < 1.29 is 24.3 Å². The van der Waals surface area contributed by atoms with Crippen molar-refractivity contribution >= 4 is 34.6 Å². The number of carbonyl (C=O) groups excluding carboxylic acids is 3. The second kappa shape index (κ2) is 10.5. The summed E-state index contributed by atoms with van der Waals surface area (Å²) in [6.45, 7) is 3.61. The number of aromatic amines is 1. The van der Waals surface area contributed by atoms with Gasteiger partial charge in [0.2, 0.25) is 17.7 Å². The van der Waals surface area contributed by atoms with E-state index in [1.807, 2.05) is 38.1 Å². The highest BCUT2D eigenvalue weighted by molar-refractivity contribution is 5.93. The van der Waals surface area contributed by atoms with Crippen LogP contribution in [-0.2, 0) is 25.6 Å². The zero-order valence-electron chi connectivity index (χ0n) is 18.8. The van der Waals surface area contributed by atoms with Crippen molar-refractivity contribution in [1.82, 2.24) is 20.5 Å². The normalized spacial score (nSPS) is 17.7. The van der Waals surface area contributed by atoms with Crippen molar-refractivity contribution in [2.45, 2.75) is 51.2 Å². The van der Waals surface area contributed by atoms with Crippen LogP contribution in [0.5, 0.6) is 0 Å². The number of hydrogen-bond acceptors (Lipinski definition) is 5. The molecule has 6 N–H and O–H groups in total. The van der Waals surface area contributed by atoms with Crippen LogP contribution in [0.15, 0.2) is 30.5 Å². The quantitative estimate of drug-likeness (QED) is 0.366. The summed E-state index contributed by atoms with van der Waals surface area (Å²) in [6, 6.07) is 4.99. The average Bonchev–Trinajstić information content (AvgIpc) is 3.44. The molecule has 33 heavy (non-hydrogen) atoms. The van der Waals surface area contributed by atoms with Crippen LogP contribution in [0.1, 0.15) is 32.3 Å². The van der Waals surface area contributed by atoms with E-state index in [0.29, 0.717) is 19.4 Å². The standard InChI is InChI=1S/C23H31N5O5/c1-13(2)20(24)22(31)27-17(10-14-11-25-16-7-4-3-6-15(14)16)21(30)26-12-19(29)28-9-5-8-18(28)23(32)33/h3-4,6-7,11,13,17-18,20,25H,5,8-10,12,24H2,1-2H3,(H,26,30)(H,27,31)(H,32,33). The minimum absolute atomic E-state index is 0.119. The number of carboxylic acid groups (broad SMARTS) is 1. The smallest absolute Gasteiger partial charge is 0.326 e. The number of nitrogens with one attached hydrogen (secondary N) is 3. The molecule has 2 aromatic rings. The Bertz CT molecular complexity index is 1030. The molecular weight excluding hydrogens is 426 g/mol. The van der Waals surface area contributed by atoms with Gasteiger partial charge >= 0.3 is 5.97 Å². The number of para-hydroxylation sites is 1. The molecule has 3 atom stereocenters. The molecule has 3 unspecified atom stereocenters. The van der Waals surface area contributed by atoms with Crippen molar-refractivity contribution in [1.29, 1.82) is 0 Å². The average molecular weight is 458 g/mol. The summed E-state index contributed by atoms with van der Waals surface area (Å²) in [7, 11) is 0. The number of fused-ring (bicyclic) bond motifs is 1. The number of amides is 3. The zero-order valence-corrected chi connectivity index (χ0v) is 18.8. The van der Waals surface area contributed by atoms with Crippen LogP contribution >= 0.6 is 0 Å². The Hall–Kier alpha value is -3.40. The van der Waals surface area contributed by atoms with Gasteiger partial charge in [-0.15, -0.1) is 0 Å². The molecule has 0 saturated carbocycles. The molecule has 10 nitrogen and oxygen atoms in total. The molecule has 0 radical (unpaired) electrons. The first-order valence-corrected chi connectivity index (χ1v) is 11.1. The number of benzene rings is 1. The second-order valence-electron chi connectivity index (χ2n) is 8.70. The Labute approximate surface area is 191 Å². The molecule has 1 aromatic carbocycles. The van der Waals surface area contributed by atoms with E-state index in [2.05, 4.69) is 15.6 Å². The summed E-state index contributed by atoms with van der Waals surface area (Å²) in [5.74, 6) is -2.64. The van der Waals surface area contributed by atoms with Crippen LogP contribution in [0.3, 0.4) is 0 Å². The van der Waals surface area contributed by atoms with Crippen molar-refractivity contribution in [2.24, 2.45) is 11.7 Å². The van der Waals surface area contributed by atoms with E-state index in [-0.39, 0.29) is 18.9 Å². The van der Waals surface area contributed by atoms with Gasteiger partial charge in [-0.25, -0.2) is 4.79 Å². The third-order valence-corrected chi connectivity index (χ3v) is 6.02. The van der Waals surface area contributed by atoms with Gasteiger partial charge in [-0.2, -0.15) is 0 Å². The Morgan fingerprint density at radius 1 is 1.21 bits per heavy atom. The highest BCUT2D eigenvalue weighted by atomic mass is 16.4. The van der Waals surface area contributed by atoms with Crippen LogP contribution < -0.4 is 16.4 Å². The first-order chi connectivity index (χ1) is 15.7. The Morgan fingerprint density at radius 2 is 1.94 bits per heavy atom. The SMILES string of the molecule is CC(C)C(N)C(=O)NC(Cc1c[nH]c2ccccc12)C(=O)NCC(=O)N1CCCC1C(=O)O. The molecule has 3 rings (SSSR count). The number of aromatic nitrogens is 1. The fourth-order valence-corrected chi connectivity index (χ4v) is 4.01. The molecule has 2 heterocycles. The third kappa shape index (κ3) is 5.70. The van der Waals surface area contributed by atoms with E-state index >= 15 is 0 Å². The Kier molecular flexibility index (Phi) is 7.70. The minimum Gasteiger partial charge on any atom is -0.480 e. The van der Waals surface area contributed by atoms with Crippen molar-refractivity contribution in [3.63, 3.8) is 0 Å². The van der Waals surface area contributed by atoms with Gasteiger partial charge < -0.3 is 31.4 Å². The van der Waals surface area contributed by atoms with Crippen molar-refractivity contribution in [3.8, 4) is 0 Å². The van der Waals surface area contributed by atoms with Gasteiger partial charge in [-0.05, 0) is 30.4 Å². The summed E-state index contributed by atoms with van der Waals surface area (Å²) in [5.41, 5.74) is 7.69. The van der Waals surface area contributed by atoms with E-state index in [9.17, 15) is 24.3 Å². The van der Waals surface area contributed by atoms with E-state index in [0.717, 1.165) is 16.5 Å². The monoisotopic (exact) mass is 457 g/mol. The first kappa shape index (κ1) is 24.2. The highest BCUT2D eigenvalue weighted by Crippen LogP contribution is 2.20. The molecule has 1 saturated heterocycles. The number of hydrogen-bond donors (Lipinski definition) is 5. The Morgan fingerprint density at radius 3 is 2.64 bits per heavy atom. The number of likely N-dealkylation sites (tertiary alicyclic amines) is 1. The molecule has 10 heteroatoms. The number of nitrogens with zero attached hydrogens (tertiary/aromatic N) is 1. The van der Waals surface area contributed by atoms with E-state index in [1.165, 1.54) is 4.90 Å². The fourth-order valence-electron chi connectivity index (χ4n) is 4.01. The Balaban J connectivity index is 1.72. The van der Waals surface area contributed by atoms with Crippen LogP contribution in [0.2, 0.25) is 0 Å². The summed E-state index contributed by atoms with van der Waals surface area (Å²) >= 11 is 0. The lowest BCUT2D eigenvalue weighted by atomic mass is 10.0. The molecule has 0 spiro atoms. The number of H-pyrrole nitrogens is 1. The molecule has 0 aliphatic carbocycles. The minimum atomic E-state index is -1.06. The molecule has 1 aliphatic heterocycles. The molecule has 1 fully saturated rings. The van der Waals surface area contributed by atoms with Gasteiger partial charge in [0.25, 0.3) is 0 Å². The van der Waals surface area contributed by atoms with E-state index < -0.39 is 41.8 Å². The number of rotatable bonds is 9. The maximum absolute atomic E-state index is 13.0. The van der Waals surface area contributed by atoms with Gasteiger partial charge in [0.1, 0.15) is 12.1 Å². The largest absolute Gasteiger partial charge is 0.480 e. The van der Waals surface area contributed by atoms with Gasteiger partial charge in [-0.1, -0.05) is 32.0 Å². The van der Waals surface area contributed by atoms with Gasteiger partial charge in [-0.3, -0.25) is 14.4 Å². The summed E-state index contributed by atoms with van der Waals surface area (Å²) in [4.78, 5) is 53.9. The van der Waals surface area contributed by atoms with Crippen LogP contribution in [0, 0.1) is 5.92 Å². The number of nitrogens with two attached hydrogens (primary N) is 1. The molecule has 1 aliphatic rings. The second-order valence-corrected chi connectivity index (χ2v) is 8.70. The van der Waals surface area contributed by atoms with E-state index in [1.54, 1.807) is 6.20 Å². The molecule has 178 valence electrons. The van der Waals surface area contributed by atoms with Crippen LogP contribution in [0.4, 0.5) is 0 Å². The zero-order chi connectivity index (χ0) is 24.1. The topological polar surface area (TPSA) is 158 Å². The van der Waals surface area contributed by atoms with Gasteiger partial charge in [0, 0.05) is 30.1 Å². The van der Waals surface area contributed by atoms with Crippen molar-refractivity contribution in [3.05, 3.63) is 36.0 Å². The van der Waals surface area contributed by atoms with E-state index in [4.69, 9.17) is 5.73 Å². The summed E-state index contributed by atoms with van der Waals surface area (Å²) in [5, 5.41) is 15.5. The predicted molar refractivity (Wildman–Crippen MR) is 122 cm³/mol. The number of carboxylic acids is 1. The number of carbonyl (C=O) groups is 4. The third-order valence-electron chi connectivity index (χ3n) is 6.02.